The molecule has 0 amide bonds. The molecule has 0 aliphatic carbocycles. The Hall–Kier alpha value is -0.900. The molecule has 0 fully saturated rings. The van der Waals surface area contributed by atoms with Gasteiger partial charge in [0.15, 0.2) is 0 Å². The quantitative estimate of drug-likeness (QED) is 0.883. The Morgan fingerprint density at radius 1 is 1.17 bits per heavy atom. The molecular formula is C14H12BrClFN. The molecule has 0 radical (unpaired) electrons. The first kappa shape index (κ1) is 13.5. The fourth-order valence-corrected chi connectivity index (χ4v) is 2.50. The first-order chi connectivity index (χ1) is 8.56. The summed E-state index contributed by atoms with van der Waals surface area (Å²) in [6.07, 6.45) is 0.638. The Kier molecular flexibility index (Phi) is 4.38. The first-order valence-electron chi connectivity index (χ1n) is 5.51. The van der Waals surface area contributed by atoms with Gasteiger partial charge in [0.25, 0.3) is 0 Å². The Morgan fingerprint density at radius 3 is 2.50 bits per heavy atom. The first-order valence-corrected chi connectivity index (χ1v) is 6.68. The number of hydrogen-bond donors (Lipinski definition) is 1. The molecule has 0 bridgehead atoms. The second kappa shape index (κ2) is 5.83. The number of hydrogen-bond acceptors (Lipinski definition) is 1. The summed E-state index contributed by atoms with van der Waals surface area (Å²) in [4.78, 5) is 0. The third-order valence-electron chi connectivity index (χ3n) is 2.73. The van der Waals surface area contributed by atoms with Gasteiger partial charge >= 0.3 is 0 Å². The van der Waals surface area contributed by atoms with Gasteiger partial charge in [-0.15, -0.1) is 0 Å². The predicted molar refractivity (Wildman–Crippen MR) is 76.2 cm³/mol. The van der Waals surface area contributed by atoms with Crippen LogP contribution in [0, 0.1) is 5.82 Å². The predicted octanol–water partition coefficient (Wildman–Crippen LogP) is 4.48. The molecular weight excluding hydrogens is 317 g/mol. The lowest BCUT2D eigenvalue weighted by molar-refractivity contribution is 0.625. The van der Waals surface area contributed by atoms with Gasteiger partial charge in [-0.3, -0.25) is 0 Å². The van der Waals surface area contributed by atoms with Gasteiger partial charge in [-0.05, 0) is 47.9 Å². The molecule has 94 valence electrons. The third kappa shape index (κ3) is 3.31. The number of benzene rings is 2. The average molecular weight is 329 g/mol. The van der Waals surface area contributed by atoms with E-state index in [0.717, 1.165) is 15.6 Å². The second-order valence-electron chi connectivity index (χ2n) is 4.10. The highest BCUT2D eigenvalue weighted by Gasteiger charge is 2.11. The van der Waals surface area contributed by atoms with E-state index in [1.54, 1.807) is 18.2 Å². The van der Waals surface area contributed by atoms with Gasteiger partial charge in [0.2, 0.25) is 0 Å². The van der Waals surface area contributed by atoms with Crippen molar-refractivity contribution in [1.82, 2.24) is 0 Å². The monoisotopic (exact) mass is 327 g/mol. The lowest BCUT2D eigenvalue weighted by atomic mass is 10.00. The van der Waals surface area contributed by atoms with Crippen molar-refractivity contribution in [2.24, 2.45) is 5.73 Å². The maximum atomic E-state index is 12.8. The summed E-state index contributed by atoms with van der Waals surface area (Å²) in [6, 6.07) is 11.7. The van der Waals surface area contributed by atoms with Gasteiger partial charge in [-0.25, -0.2) is 4.39 Å². The molecule has 0 aliphatic rings. The van der Waals surface area contributed by atoms with Crippen LogP contribution in [0.5, 0.6) is 0 Å². The summed E-state index contributed by atoms with van der Waals surface area (Å²) >= 11 is 9.42. The van der Waals surface area contributed by atoms with Crippen molar-refractivity contribution in [3.63, 3.8) is 0 Å². The van der Waals surface area contributed by atoms with E-state index >= 15 is 0 Å². The number of nitrogens with two attached hydrogens (primary N) is 1. The molecule has 0 aliphatic heterocycles. The van der Waals surface area contributed by atoms with Gasteiger partial charge in [0, 0.05) is 15.5 Å². The van der Waals surface area contributed by atoms with Crippen LogP contribution in [0.1, 0.15) is 17.2 Å². The topological polar surface area (TPSA) is 26.0 Å². The zero-order chi connectivity index (χ0) is 13.1. The van der Waals surface area contributed by atoms with Gasteiger partial charge in [0.1, 0.15) is 5.82 Å². The SMILES string of the molecule is NC(Cc1ccc(F)cc1)c1cc(Cl)ccc1Br. The molecule has 2 rings (SSSR count). The van der Waals surface area contributed by atoms with E-state index in [0.29, 0.717) is 11.4 Å². The maximum Gasteiger partial charge on any atom is 0.123 e. The standard InChI is InChI=1S/C14H12BrClFN/c15-13-6-3-10(16)8-12(13)14(18)7-9-1-4-11(17)5-2-9/h1-6,8,14H,7,18H2. The van der Waals surface area contributed by atoms with Crippen molar-refractivity contribution < 1.29 is 4.39 Å². The highest BCUT2D eigenvalue weighted by molar-refractivity contribution is 9.10. The average Bonchev–Trinajstić information content (AvgIpc) is 2.35. The smallest absolute Gasteiger partial charge is 0.123 e. The van der Waals surface area contributed by atoms with Gasteiger partial charge in [-0.1, -0.05) is 39.7 Å². The highest BCUT2D eigenvalue weighted by atomic mass is 79.9. The van der Waals surface area contributed by atoms with Crippen molar-refractivity contribution in [3.8, 4) is 0 Å². The largest absolute Gasteiger partial charge is 0.324 e. The lowest BCUT2D eigenvalue weighted by Gasteiger charge is -2.14. The van der Waals surface area contributed by atoms with E-state index in [-0.39, 0.29) is 11.9 Å². The van der Waals surface area contributed by atoms with Crippen LogP contribution in [0.3, 0.4) is 0 Å². The van der Waals surface area contributed by atoms with Crippen molar-refractivity contribution in [2.75, 3.05) is 0 Å². The Morgan fingerprint density at radius 2 is 1.83 bits per heavy atom. The molecule has 2 aromatic rings. The van der Waals surface area contributed by atoms with Crippen molar-refractivity contribution in [3.05, 3.63) is 68.9 Å². The molecule has 0 saturated carbocycles. The summed E-state index contributed by atoms with van der Waals surface area (Å²) in [5, 5.41) is 0.655. The summed E-state index contributed by atoms with van der Waals surface area (Å²) in [5.74, 6) is -0.240. The maximum absolute atomic E-state index is 12.8. The van der Waals surface area contributed by atoms with Gasteiger partial charge < -0.3 is 5.73 Å². The summed E-state index contributed by atoms with van der Waals surface area (Å²) in [6.45, 7) is 0. The van der Waals surface area contributed by atoms with Crippen LogP contribution in [0.15, 0.2) is 46.9 Å². The highest BCUT2D eigenvalue weighted by Crippen LogP contribution is 2.27. The fraction of sp³-hybridized carbons (Fsp3) is 0.143. The Labute approximate surface area is 119 Å². The Balaban J connectivity index is 2.18. The van der Waals surface area contributed by atoms with E-state index < -0.39 is 0 Å². The zero-order valence-corrected chi connectivity index (χ0v) is 11.9. The molecule has 1 unspecified atom stereocenters. The molecule has 0 saturated heterocycles. The molecule has 1 nitrogen and oxygen atoms in total. The van der Waals surface area contributed by atoms with Crippen LogP contribution >= 0.6 is 27.5 Å². The minimum Gasteiger partial charge on any atom is -0.324 e. The van der Waals surface area contributed by atoms with Crippen LogP contribution in [0.25, 0.3) is 0 Å². The molecule has 18 heavy (non-hydrogen) atoms. The molecule has 1 atom stereocenters. The van der Waals surface area contributed by atoms with Crippen LogP contribution in [-0.2, 0) is 6.42 Å². The minimum atomic E-state index is -0.240. The van der Waals surface area contributed by atoms with E-state index in [9.17, 15) is 4.39 Å². The van der Waals surface area contributed by atoms with Crippen molar-refractivity contribution >= 4 is 27.5 Å². The number of halogens is 3. The summed E-state index contributed by atoms with van der Waals surface area (Å²) < 4.78 is 13.7. The summed E-state index contributed by atoms with van der Waals surface area (Å²) in [5.41, 5.74) is 8.10. The normalized spacial score (nSPS) is 12.4. The van der Waals surface area contributed by atoms with Crippen LogP contribution in [0.4, 0.5) is 4.39 Å². The second-order valence-corrected chi connectivity index (χ2v) is 5.39. The molecule has 0 aromatic heterocycles. The van der Waals surface area contributed by atoms with Crippen molar-refractivity contribution in [1.29, 1.82) is 0 Å². The van der Waals surface area contributed by atoms with Gasteiger partial charge in [-0.2, -0.15) is 0 Å². The zero-order valence-electron chi connectivity index (χ0n) is 9.54. The van der Waals surface area contributed by atoms with E-state index in [2.05, 4.69) is 15.9 Å². The molecule has 0 spiro atoms. The van der Waals surface area contributed by atoms with Gasteiger partial charge in [0.05, 0.1) is 0 Å². The van der Waals surface area contributed by atoms with Crippen LogP contribution in [0.2, 0.25) is 5.02 Å². The van der Waals surface area contributed by atoms with Crippen molar-refractivity contribution in [2.45, 2.75) is 12.5 Å². The lowest BCUT2D eigenvalue weighted by Crippen LogP contribution is -2.14. The number of rotatable bonds is 3. The van der Waals surface area contributed by atoms with Crippen LogP contribution in [-0.4, -0.2) is 0 Å². The fourth-order valence-electron chi connectivity index (χ4n) is 1.78. The van der Waals surface area contributed by atoms with E-state index in [1.807, 2.05) is 12.1 Å². The molecule has 2 aromatic carbocycles. The van der Waals surface area contributed by atoms with Crippen LogP contribution < -0.4 is 5.73 Å². The van der Waals surface area contributed by atoms with E-state index in [4.69, 9.17) is 17.3 Å². The molecule has 0 heterocycles. The minimum absolute atomic E-state index is 0.177. The summed E-state index contributed by atoms with van der Waals surface area (Å²) in [7, 11) is 0. The van der Waals surface area contributed by atoms with E-state index in [1.165, 1.54) is 12.1 Å². The molecule has 4 heteroatoms. The molecule has 2 N–H and O–H groups in total. The Bertz CT molecular complexity index is 542. The third-order valence-corrected chi connectivity index (χ3v) is 3.68.